The smallest absolute Gasteiger partial charge is 0.408 e. The molecule has 0 aliphatic carbocycles. The van der Waals surface area contributed by atoms with E-state index in [-0.39, 0.29) is 11.6 Å². The number of nitrogens with zero attached hydrogens (tertiary/aromatic N) is 2. The van der Waals surface area contributed by atoms with Crippen LogP contribution in [0.25, 0.3) is 0 Å². The van der Waals surface area contributed by atoms with Crippen molar-refractivity contribution in [2.24, 2.45) is 0 Å². The minimum Gasteiger partial charge on any atom is -0.465 e. The summed E-state index contributed by atoms with van der Waals surface area (Å²) in [5, 5.41) is 9.61. The lowest BCUT2D eigenvalue weighted by molar-refractivity contribution is 0.0191. The number of hydrogen-bond donors (Lipinski definition) is 1. The van der Waals surface area contributed by atoms with Crippen molar-refractivity contribution < 1.29 is 9.90 Å². The second-order valence-electron chi connectivity index (χ2n) is 7.32. The lowest BCUT2D eigenvalue weighted by Crippen LogP contribution is -2.58. The van der Waals surface area contributed by atoms with Crippen molar-refractivity contribution in [1.29, 1.82) is 0 Å². The van der Waals surface area contributed by atoms with Crippen molar-refractivity contribution in [3.63, 3.8) is 0 Å². The Hall–Kier alpha value is -1.55. The molecule has 0 saturated carbocycles. The summed E-state index contributed by atoms with van der Waals surface area (Å²) in [6, 6.07) is 11.0. The van der Waals surface area contributed by atoms with Gasteiger partial charge in [-0.15, -0.1) is 0 Å². The van der Waals surface area contributed by atoms with E-state index in [9.17, 15) is 9.90 Å². The Morgan fingerprint density at radius 1 is 1.27 bits per heavy atom. The van der Waals surface area contributed by atoms with Gasteiger partial charge >= 0.3 is 6.09 Å². The van der Waals surface area contributed by atoms with Gasteiger partial charge in [0, 0.05) is 30.7 Å². The molecule has 1 aliphatic rings. The highest BCUT2D eigenvalue weighted by molar-refractivity contribution is 5.66. The van der Waals surface area contributed by atoms with E-state index in [1.165, 1.54) is 5.56 Å². The molecule has 0 unspecified atom stereocenters. The zero-order chi connectivity index (χ0) is 16.3. The Bertz CT molecular complexity index is 496. The number of benzene rings is 1. The lowest BCUT2D eigenvalue weighted by Gasteiger charge is -2.46. The zero-order valence-corrected chi connectivity index (χ0v) is 14.1. The van der Waals surface area contributed by atoms with Crippen LogP contribution in [0.1, 0.15) is 46.1 Å². The summed E-state index contributed by atoms with van der Waals surface area (Å²) in [6.07, 6.45) is 1.17. The Morgan fingerprint density at radius 2 is 1.91 bits per heavy atom. The van der Waals surface area contributed by atoms with Gasteiger partial charge in [-0.3, -0.25) is 9.80 Å². The molecule has 2 atom stereocenters. The summed E-state index contributed by atoms with van der Waals surface area (Å²) in [5.41, 5.74) is 0.919. The predicted molar refractivity (Wildman–Crippen MR) is 89.0 cm³/mol. The van der Waals surface area contributed by atoms with Crippen LogP contribution in [0.3, 0.4) is 0 Å². The SMILES string of the molecule is C[C@@H]1CC[C@@H](N(C(=O)O)C(C)(C)C)CN1Cc1ccccc1. The van der Waals surface area contributed by atoms with Gasteiger partial charge in [-0.05, 0) is 46.1 Å². The third-order valence-electron chi connectivity index (χ3n) is 4.51. The van der Waals surface area contributed by atoms with E-state index in [1.54, 1.807) is 4.90 Å². The van der Waals surface area contributed by atoms with Crippen molar-refractivity contribution in [3.05, 3.63) is 35.9 Å². The molecule has 0 spiro atoms. The molecule has 22 heavy (non-hydrogen) atoms. The molecule has 0 bridgehead atoms. The first-order valence-electron chi connectivity index (χ1n) is 8.09. The van der Waals surface area contributed by atoms with Crippen LogP contribution < -0.4 is 0 Å². The fourth-order valence-electron chi connectivity index (χ4n) is 3.40. The van der Waals surface area contributed by atoms with E-state index in [2.05, 4.69) is 36.1 Å². The van der Waals surface area contributed by atoms with Gasteiger partial charge in [-0.2, -0.15) is 0 Å². The normalized spacial score (nSPS) is 23.3. The van der Waals surface area contributed by atoms with Crippen LogP contribution in [-0.4, -0.2) is 45.2 Å². The Balaban J connectivity index is 2.11. The summed E-state index contributed by atoms with van der Waals surface area (Å²) < 4.78 is 0. The van der Waals surface area contributed by atoms with Crippen LogP contribution in [0.2, 0.25) is 0 Å². The van der Waals surface area contributed by atoms with Crippen LogP contribution in [0.15, 0.2) is 30.3 Å². The van der Waals surface area contributed by atoms with Gasteiger partial charge in [0.25, 0.3) is 0 Å². The van der Waals surface area contributed by atoms with Crippen molar-refractivity contribution in [1.82, 2.24) is 9.80 Å². The second kappa shape index (κ2) is 6.69. The molecule has 1 amide bonds. The highest BCUT2D eigenvalue weighted by atomic mass is 16.4. The number of piperidine rings is 1. The molecule has 1 saturated heterocycles. The Labute approximate surface area is 133 Å². The number of rotatable bonds is 3. The standard InChI is InChI=1S/C18H28N2O2/c1-14-10-11-16(20(17(21)22)18(2,3)4)13-19(14)12-15-8-6-5-7-9-15/h5-9,14,16H,10-13H2,1-4H3,(H,21,22)/t14-,16-/m1/s1. The fraction of sp³-hybridized carbons (Fsp3) is 0.611. The Morgan fingerprint density at radius 3 is 2.45 bits per heavy atom. The number of carboxylic acid groups (broad SMARTS) is 1. The molecule has 1 aliphatic heterocycles. The third-order valence-corrected chi connectivity index (χ3v) is 4.51. The zero-order valence-electron chi connectivity index (χ0n) is 14.1. The van der Waals surface area contributed by atoms with E-state index >= 15 is 0 Å². The maximum atomic E-state index is 11.7. The van der Waals surface area contributed by atoms with Crippen LogP contribution in [0.4, 0.5) is 4.79 Å². The van der Waals surface area contributed by atoms with Crippen molar-refractivity contribution in [2.45, 2.75) is 64.7 Å². The average molecular weight is 304 g/mol. The van der Waals surface area contributed by atoms with Crippen LogP contribution in [0.5, 0.6) is 0 Å². The molecule has 4 heteroatoms. The topological polar surface area (TPSA) is 43.8 Å². The fourth-order valence-corrected chi connectivity index (χ4v) is 3.40. The maximum Gasteiger partial charge on any atom is 0.408 e. The molecule has 1 aromatic rings. The van der Waals surface area contributed by atoms with Gasteiger partial charge in [0.15, 0.2) is 0 Å². The summed E-state index contributed by atoms with van der Waals surface area (Å²) in [7, 11) is 0. The lowest BCUT2D eigenvalue weighted by atomic mass is 9.94. The molecule has 0 radical (unpaired) electrons. The van der Waals surface area contributed by atoms with Crippen molar-refractivity contribution in [3.8, 4) is 0 Å². The van der Waals surface area contributed by atoms with E-state index in [4.69, 9.17) is 0 Å². The van der Waals surface area contributed by atoms with E-state index in [1.807, 2.05) is 26.8 Å². The summed E-state index contributed by atoms with van der Waals surface area (Å²) in [6.45, 7) is 9.85. The summed E-state index contributed by atoms with van der Waals surface area (Å²) in [4.78, 5) is 15.7. The number of likely N-dealkylation sites (tertiary alicyclic amines) is 1. The minimum atomic E-state index is -0.813. The molecule has 4 nitrogen and oxygen atoms in total. The molecule has 1 N–H and O–H groups in total. The molecular weight excluding hydrogens is 276 g/mol. The molecule has 1 heterocycles. The van der Waals surface area contributed by atoms with Crippen LogP contribution in [0, 0.1) is 0 Å². The van der Waals surface area contributed by atoms with Crippen LogP contribution in [-0.2, 0) is 6.54 Å². The minimum absolute atomic E-state index is 0.0670. The number of hydrogen-bond acceptors (Lipinski definition) is 2. The molecule has 1 fully saturated rings. The largest absolute Gasteiger partial charge is 0.465 e. The monoisotopic (exact) mass is 304 g/mol. The van der Waals surface area contributed by atoms with Crippen molar-refractivity contribution in [2.75, 3.05) is 6.54 Å². The summed E-state index contributed by atoms with van der Waals surface area (Å²) >= 11 is 0. The first-order chi connectivity index (χ1) is 10.3. The van der Waals surface area contributed by atoms with Crippen LogP contribution >= 0.6 is 0 Å². The number of carbonyl (C=O) groups is 1. The van der Waals surface area contributed by atoms with E-state index < -0.39 is 6.09 Å². The highest BCUT2D eigenvalue weighted by Crippen LogP contribution is 2.27. The van der Waals surface area contributed by atoms with E-state index in [0.717, 1.165) is 25.9 Å². The van der Waals surface area contributed by atoms with Gasteiger partial charge in [-0.1, -0.05) is 30.3 Å². The molecular formula is C18H28N2O2. The van der Waals surface area contributed by atoms with Gasteiger partial charge < -0.3 is 5.11 Å². The van der Waals surface area contributed by atoms with Gasteiger partial charge in [0.2, 0.25) is 0 Å². The first kappa shape index (κ1) is 16.8. The Kier molecular flexibility index (Phi) is 5.12. The van der Waals surface area contributed by atoms with Crippen molar-refractivity contribution >= 4 is 6.09 Å². The molecule has 2 rings (SSSR count). The quantitative estimate of drug-likeness (QED) is 0.923. The predicted octanol–water partition coefficient (Wildman–Crippen LogP) is 3.82. The van der Waals surface area contributed by atoms with Gasteiger partial charge in [0.1, 0.15) is 0 Å². The molecule has 1 aromatic carbocycles. The molecule has 122 valence electrons. The number of amides is 1. The average Bonchev–Trinajstić information content (AvgIpc) is 2.41. The van der Waals surface area contributed by atoms with Gasteiger partial charge in [0.05, 0.1) is 0 Å². The first-order valence-corrected chi connectivity index (χ1v) is 8.09. The van der Waals surface area contributed by atoms with Gasteiger partial charge in [-0.25, -0.2) is 4.79 Å². The van der Waals surface area contributed by atoms with E-state index in [0.29, 0.717) is 6.04 Å². The second-order valence-corrected chi connectivity index (χ2v) is 7.32. The maximum absolute atomic E-state index is 11.7. The molecule has 0 aromatic heterocycles. The summed E-state index contributed by atoms with van der Waals surface area (Å²) in [5.74, 6) is 0. The highest BCUT2D eigenvalue weighted by Gasteiger charge is 2.37. The third kappa shape index (κ3) is 4.01.